The molecule has 2 atom stereocenters. The van der Waals surface area contributed by atoms with E-state index in [0.717, 1.165) is 0 Å². The Labute approximate surface area is 119 Å². The van der Waals surface area contributed by atoms with Crippen molar-refractivity contribution >= 4 is 22.8 Å². The predicted octanol–water partition coefficient (Wildman–Crippen LogP) is -1.63. The Morgan fingerprint density at radius 2 is 1.90 bits per heavy atom. The second-order valence-electron chi connectivity index (χ2n) is 4.47. The molecule has 0 aromatic heterocycles. The van der Waals surface area contributed by atoms with E-state index in [2.05, 4.69) is 0 Å². The van der Waals surface area contributed by atoms with Gasteiger partial charge in [0.2, 0.25) is 0 Å². The maximum Gasteiger partial charge on any atom is 0.526 e. The molecule has 0 radical (unpaired) electrons. The Morgan fingerprint density at radius 1 is 1.25 bits per heavy atom. The first-order chi connectivity index (χ1) is 9.45. The first kappa shape index (κ1) is 15.8. The summed E-state index contributed by atoms with van der Waals surface area (Å²) in [5.74, 6) is 0. The molecule has 20 heavy (non-hydrogen) atoms. The molecular weight excluding hydrogens is 300 g/mol. The summed E-state index contributed by atoms with van der Waals surface area (Å²) in [6, 6.07) is 8.40. The lowest BCUT2D eigenvalue weighted by Gasteiger charge is -2.28. The van der Waals surface area contributed by atoms with Gasteiger partial charge in [0.1, 0.15) is 12.3 Å². The maximum absolute atomic E-state index is 10.4. The van der Waals surface area contributed by atoms with Crippen molar-refractivity contribution in [3.05, 3.63) is 30.3 Å². The van der Waals surface area contributed by atoms with Crippen LogP contribution in [0.3, 0.4) is 0 Å². The molecule has 2 unspecified atom stereocenters. The number of hydrogen-bond acceptors (Lipinski definition) is 7. The van der Waals surface area contributed by atoms with Crippen LogP contribution in [-0.2, 0) is 18.0 Å². The van der Waals surface area contributed by atoms with Crippen LogP contribution >= 0.6 is 0 Å². The molecule has 1 fully saturated rings. The third kappa shape index (κ3) is 4.44. The second kappa shape index (κ2) is 6.43. The Hall–Kier alpha value is -0.626. The number of epoxide rings is 1. The quantitative estimate of drug-likeness (QED) is 0.391. The summed E-state index contributed by atoms with van der Waals surface area (Å²) in [4.78, 5) is 30.1. The van der Waals surface area contributed by atoms with Crippen molar-refractivity contribution in [1.82, 2.24) is 0 Å². The molecule has 1 saturated heterocycles. The molecule has 1 aliphatic heterocycles. The zero-order chi connectivity index (χ0) is 14.6. The number of hydrogen-bond donors (Lipinski definition) is 3. The first-order valence-electron chi connectivity index (χ1n) is 6.12. The van der Waals surface area contributed by atoms with E-state index in [1.54, 1.807) is 30.3 Å². The van der Waals surface area contributed by atoms with Crippen molar-refractivity contribution < 1.29 is 32.4 Å². The largest absolute Gasteiger partial charge is 0.526 e. The van der Waals surface area contributed by atoms with Crippen LogP contribution in [0.5, 0.6) is 0 Å². The highest BCUT2D eigenvalue weighted by Gasteiger charge is 2.49. The fraction of sp³-hybridized carbons (Fsp3) is 0.455. The van der Waals surface area contributed by atoms with Crippen LogP contribution in [0.1, 0.15) is 0 Å². The van der Waals surface area contributed by atoms with Gasteiger partial charge in [-0.3, -0.25) is 0 Å². The summed E-state index contributed by atoms with van der Waals surface area (Å²) in [6.45, 7) is 0.893. The van der Waals surface area contributed by atoms with Crippen LogP contribution in [0.25, 0.3) is 0 Å². The Morgan fingerprint density at radius 3 is 2.45 bits per heavy atom. The van der Waals surface area contributed by atoms with Gasteiger partial charge in [-0.2, -0.15) is 0 Å². The van der Waals surface area contributed by atoms with Crippen molar-refractivity contribution in [2.75, 3.05) is 26.6 Å². The van der Waals surface area contributed by atoms with Crippen LogP contribution in [0.4, 0.5) is 0 Å². The topological polar surface area (TPSA) is 101 Å². The third-order valence-electron chi connectivity index (χ3n) is 2.71. The summed E-state index contributed by atoms with van der Waals surface area (Å²) in [7, 11) is -6.75. The molecule has 112 valence electrons. The maximum atomic E-state index is 10.4. The van der Waals surface area contributed by atoms with Gasteiger partial charge >= 0.3 is 17.6 Å². The number of ether oxygens (including phenoxy) is 2. The van der Waals surface area contributed by atoms with Crippen LogP contribution in [0.2, 0.25) is 0 Å². The molecule has 1 heterocycles. The predicted molar refractivity (Wildman–Crippen MR) is 72.9 cm³/mol. The van der Waals surface area contributed by atoms with Crippen molar-refractivity contribution in [3.8, 4) is 0 Å². The van der Waals surface area contributed by atoms with Crippen LogP contribution in [0.15, 0.2) is 30.3 Å². The molecule has 0 saturated carbocycles. The molecule has 9 heteroatoms. The van der Waals surface area contributed by atoms with Crippen LogP contribution < -0.4 is 5.19 Å². The van der Waals surface area contributed by atoms with E-state index in [-0.39, 0.29) is 18.9 Å². The van der Waals surface area contributed by atoms with Crippen molar-refractivity contribution in [3.63, 3.8) is 0 Å². The highest BCUT2D eigenvalue weighted by molar-refractivity contribution is 6.81. The minimum atomic E-state index is -4.17. The summed E-state index contributed by atoms with van der Waals surface area (Å²) in [5, 5.41) is 0.396. The van der Waals surface area contributed by atoms with Gasteiger partial charge in [0.25, 0.3) is 0 Å². The number of rotatable bonds is 8. The monoisotopic (exact) mass is 318 g/mol. The highest BCUT2D eigenvalue weighted by atomic mass is 28.5. The molecule has 1 aliphatic rings. The molecule has 0 bridgehead atoms. The molecule has 0 amide bonds. The molecule has 7 nitrogen and oxygen atoms in total. The van der Waals surface area contributed by atoms with E-state index in [9.17, 15) is 14.4 Å². The van der Waals surface area contributed by atoms with Gasteiger partial charge in [0, 0.05) is 12.3 Å². The minimum Gasteiger partial charge on any atom is -0.389 e. The smallest absolute Gasteiger partial charge is 0.389 e. The molecule has 0 aliphatic carbocycles. The van der Waals surface area contributed by atoms with Gasteiger partial charge in [-0.15, -0.1) is 0 Å². The molecule has 1 aromatic carbocycles. The van der Waals surface area contributed by atoms with Crippen LogP contribution in [0, 0.1) is 0 Å². The molecule has 0 spiro atoms. The summed E-state index contributed by atoms with van der Waals surface area (Å²) in [6.07, 6.45) is -0.356. The Bertz CT molecular complexity index is 426. The lowest BCUT2D eigenvalue weighted by molar-refractivity contribution is 0.0811. The molecular formula is C11H18O7Si2. The summed E-state index contributed by atoms with van der Waals surface area (Å²) >= 11 is 0. The lowest BCUT2D eigenvalue weighted by Crippen LogP contribution is -2.63. The molecule has 1 aromatic rings. The minimum absolute atomic E-state index is 0.0208. The highest BCUT2D eigenvalue weighted by Crippen LogP contribution is 2.12. The average molecular weight is 318 g/mol. The fourth-order valence-electron chi connectivity index (χ4n) is 1.61. The van der Waals surface area contributed by atoms with Gasteiger partial charge in [0.15, 0.2) is 0 Å². The van der Waals surface area contributed by atoms with Crippen molar-refractivity contribution in [2.45, 2.75) is 6.10 Å². The normalized spacial score (nSPS) is 21.5. The standard InChI is InChI=1S/C11H18O7Si2/c1-15-20(14,11-5-3-2-4-6-11)18-19(12,13)9-16-7-10-8-17-10/h2-6,10,12-14H,7-9H2,1H3. The second-order valence-corrected chi connectivity index (χ2v) is 9.21. The Balaban J connectivity index is 1.96. The Kier molecular flexibility index (Phi) is 5.06. The van der Waals surface area contributed by atoms with E-state index in [1.807, 2.05) is 0 Å². The van der Waals surface area contributed by atoms with Gasteiger partial charge in [-0.05, 0) is 0 Å². The molecule has 2 rings (SSSR count). The zero-order valence-corrected chi connectivity index (χ0v) is 13.1. The van der Waals surface area contributed by atoms with Gasteiger partial charge < -0.3 is 32.4 Å². The SMILES string of the molecule is CO[Si](O)(O[Si](O)(O)COCC1CO1)c1ccccc1. The van der Waals surface area contributed by atoms with E-state index >= 15 is 0 Å². The third-order valence-corrected chi connectivity index (χ3v) is 7.32. The first-order valence-corrected chi connectivity index (χ1v) is 9.90. The fourth-order valence-corrected chi connectivity index (χ4v) is 5.65. The van der Waals surface area contributed by atoms with E-state index in [0.29, 0.717) is 11.8 Å². The lowest BCUT2D eigenvalue weighted by atomic mass is 10.4. The average Bonchev–Trinajstić information content (AvgIpc) is 3.23. The summed E-state index contributed by atoms with van der Waals surface area (Å²) in [5.41, 5.74) is 0. The van der Waals surface area contributed by atoms with Crippen LogP contribution in [-0.4, -0.2) is 64.7 Å². The van der Waals surface area contributed by atoms with Crippen molar-refractivity contribution in [1.29, 1.82) is 0 Å². The number of benzene rings is 1. The molecule has 3 N–H and O–H groups in total. The van der Waals surface area contributed by atoms with Gasteiger partial charge in [-0.25, -0.2) is 0 Å². The van der Waals surface area contributed by atoms with Gasteiger partial charge in [-0.1, -0.05) is 30.3 Å². The van der Waals surface area contributed by atoms with E-state index in [4.69, 9.17) is 18.0 Å². The van der Waals surface area contributed by atoms with Crippen molar-refractivity contribution in [2.24, 2.45) is 0 Å². The van der Waals surface area contributed by atoms with E-state index < -0.39 is 17.6 Å². The zero-order valence-electron chi connectivity index (χ0n) is 11.1. The summed E-state index contributed by atoms with van der Waals surface area (Å²) < 4.78 is 20.2. The van der Waals surface area contributed by atoms with Gasteiger partial charge in [0.05, 0.1) is 13.2 Å². The van der Waals surface area contributed by atoms with E-state index in [1.165, 1.54) is 7.11 Å².